The van der Waals surface area contributed by atoms with E-state index in [0.29, 0.717) is 5.75 Å². The molecule has 82 valence electrons. The lowest BCUT2D eigenvalue weighted by Crippen LogP contribution is -2.37. The van der Waals surface area contributed by atoms with Crippen molar-refractivity contribution in [1.82, 2.24) is 5.32 Å². The third-order valence-electron chi connectivity index (χ3n) is 2.47. The number of ether oxygens (including phenoxy) is 1. The van der Waals surface area contributed by atoms with E-state index in [-0.39, 0.29) is 11.9 Å². The first kappa shape index (κ1) is 10.8. The summed E-state index contributed by atoms with van der Waals surface area (Å²) < 4.78 is 6.56. The van der Waals surface area contributed by atoms with Gasteiger partial charge in [0.05, 0.1) is 0 Å². The molecule has 0 bridgehead atoms. The quantitative estimate of drug-likeness (QED) is 0.867. The largest absolute Gasteiger partial charge is 0.504 e. The lowest BCUT2D eigenvalue weighted by molar-refractivity contribution is 0.161. The molecule has 0 radical (unpaired) electrons. The summed E-state index contributed by atoms with van der Waals surface area (Å²) in [7, 11) is 0. The zero-order valence-electron chi connectivity index (χ0n) is 8.37. The molecule has 1 fully saturated rings. The molecule has 1 aromatic carbocycles. The lowest BCUT2D eigenvalue weighted by atomic mass is 10.1. The van der Waals surface area contributed by atoms with Gasteiger partial charge >= 0.3 is 0 Å². The summed E-state index contributed by atoms with van der Waals surface area (Å²) in [5.41, 5.74) is 0. The van der Waals surface area contributed by atoms with E-state index in [2.05, 4.69) is 21.2 Å². The molecule has 0 aromatic heterocycles. The summed E-state index contributed by atoms with van der Waals surface area (Å²) in [6.07, 6.45) is 2.34. The molecule has 1 aliphatic heterocycles. The monoisotopic (exact) mass is 271 g/mol. The van der Waals surface area contributed by atoms with Gasteiger partial charge in [-0.05, 0) is 37.6 Å². The molecule has 1 atom stereocenters. The number of halogens is 1. The second-order valence-electron chi connectivity index (χ2n) is 3.70. The van der Waals surface area contributed by atoms with E-state index in [4.69, 9.17) is 4.74 Å². The van der Waals surface area contributed by atoms with Crippen molar-refractivity contribution in [2.75, 3.05) is 13.1 Å². The molecule has 0 amide bonds. The fourth-order valence-electron chi connectivity index (χ4n) is 1.69. The molecule has 2 N–H and O–H groups in total. The predicted molar refractivity (Wildman–Crippen MR) is 62.3 cm³/mol. The molecule has 1 unspecified atom stereocenters. The van der Waals surface area contributed by atoms with Gasteiger partial charge in [-0.25, -0.2) is 0 Å². The van der Waals surface area contributed by atoms with Crippen LogP contribution in [0.5, 0.6) is 11.5 Å². The van der Waals surface area contributed by atoms with Crippen molar-refractivity contribution in [3.8, 4) is 11.5 Å². The summed E-state index contributed by atoms with van der Waals surface area (Å²) in [5.74, 6) is 0.752. The highest BCUT2D eigenvalue weighted by Gasteiger charge is 2.15. The molecule has 0 spiro atoms. The minimum atomic E-state index is 0.172. The molecule has 15 heavy (non-hydrogen) atoms. The Hall–Kier alpha value is -0.740. The maximum Gasteiger partial charge on any atom is 0.161 e. The Balaban J connectivity index is 2.03. The van der Waals surface area contributed by atoms with Gasteiger partial charge in [0.15, 0.2) is 11.5 Å². The number of hydrogen-bond donors (Lipinski definition) is 2. The van der Waals surface area contributed by atoms with Gasteiger partial charge in [-0.2, -0.15) is 0 Å². The first-order chi connectivity index (χ1) is 7.25. The Bertz CT molecular complexity index is 337. The average Bonchev–Trinajstić information content (AvgIpc) is 2.24. The normalized spacial score (nSPS) is 21.3. The molecular weight excluding hydrogens is 258 g/mol. The topological polar surface area (TPSA) is 41.5 Å². The highest BCUT2D eigenvalue weighted by molar-refractivity contribution is 9.10. The van der Waals surface area contributed by atoms with E-state index in [0.717, 1.165) is 30.4 Å². The van der Waals surface area contributed by atoms with E-state index >= 15 is 0 Å². The maximum absolute atomic E-state index is 9.65. The third kappa shape index (κ3) is 2.86. The molecule has 1 saturated heterocycles. The number of piperidine rings is 1. The van der Waals surface area contributed by atoms with Crippen LogP contribution < -0.4 is 10.1 Å². The summed E-state index contributed by atoms with van der Waals surface area (Å²) in [5, 5.41) is 12.9. The van der Waals surface area contributed by atoms with Crippen molar-refractivity contribution >= 4 is 15.9 Å². The van der Waals surface area contributed by atoms with Crippen LogP contribution in [0.1, 0.15) is 12.8 Å². The van der Waals surface area contributed by atoms with E-state index in [1.54, 1.807) is 12.1 Å². The van der Waals surface area contributed by atoms with Crippen molar-refractivity contribution in [3.05, 3.63) is 22.7 Å². The van der Waals surface area contributed by atoms with E-state index < -0.39 is 0 Å². The second kappa shape index (κ2) is 4.86. The molecule has 1 aromatic rings. The van der Waals surface area contributed by atoms with E-state index in [1.807, 2.05) is 6.07 Å². The summed E-state index contributed by atoms with van der Waals surface area (Å²) in [4.78, 5) is 0. The zero-order chi connectivity index (χ0) is 10.7. The number of nitrogens with one attached hydrogen (secondary N) is 1. The first-order valence-corrected chi connectivity index (χ1v) is 5.91. The highest BCUT2D eigenvalue weighted by Crippen LogP contribution is 2.30. The van der Waals surface area contributed by atoms with Crippen molar-refractivity contribution < 1.29 is 9.84 Å². The Labute approximate surface area is 97.6 Å². The standard InChI is InChI=1S/C11H14BrNO2/c12-8-3-4-11(10(14)6-8)15-9-2-1-5-13-7-9/h3-4,6,9,13-14H,1-2,5,7H2. The smallest absolute Gasteiger partial charge is 0.161 e. The van der Waals surface area contributed by atoms with Gasteiger partial charge in [0.25, 0.3) is 0 Å². The van der Waals surface area contributed by atoms with Gasteiger partial charge in [0.2, 0.25) is 0 Å². The minimum absolute atomic E-state index is 0.172. The number of rotatable bonds is 2. The van der Waals surface area contributed by atoms with Gasteiger partial charge in [0, 0.05) is 11.0 Å². The first-order valence-electron chi connectivity index (χ1n) is 5.11. The van der Waals surface area contributed by atoms with Crippen molar-refractivity contribution in [2.45, 2.75) is 18.9 Å². The molecule has 4 heteroatoms. The Morgan fingerprint density at radius 2 is 2.33 bits per heavy atom. The van der Waals surface area contributed by atoms with Crippen LogP contribution in [0.2, 0.25) is 0 Å². The SMILES string of the molecule is Oc1cc(Br)ccc1OC1CCCNC1. The van der Waals surface area contributed by atoms with Gasteiger partial charge in [0.1, 0.15) is 6.10 Å². The molecule has 2 rings (SSSR count). The van der Waals surface area contributed by atoms with Crippen LogP contribution in [0, 0.1) is 0 Å². The van der Waals surface area contributed by atoms with Gasteiger partial charge in [-0.15, -0.1) is 0 Å². The van der Waals surface area contributed by atoms with Crippen LogP contribution in [0.3, 0.4) is 0 Å². The fraction of sp³-hybridized carbons (Fsp3) is 0.455. The lowest BCUT2D eigenvalue weighted by Gasteiger charge is -2.24. The van der Waals surface area contributed by atoms with Crippen molar-refractivity contribution in [2.24, 2.45) is 0 Å². The van der Waals surface area contributed by atoms with Crippen molar-refractivity contribution in [3.63, 3.8) is 0 Å². The van der Waals surface area contributed by atoms with Crippen molar-refractivity contribution in [1.29, 1.82) is 0 Å². The Morgan fingerprint density at radius 1 is 1.47 bits per heavy atom. The molecule has 1 heterocycles. The number of benzene rings is 1. The average molecular weight is 272 g/mol. The summed E-state index contributed by atoms with van der Waals surface area (Å²) in [6, 6.07) is 5.30. The molecule has 0 aliphatic carbocycles. The molecule has 3 nitrogen and oxygen atoms in total. The number of aromatic hydroxyl groups is 1. The number of hydrogen-bond acceptors (Lipinski definition) is 3. The van der Waals surface area contributed by atoms with E-state index in [1.165, 1.54) is 0 Å². The van der Waals surface area contributed by atoms with Gasteiger partial charge < -0.3 is 15.2 Å². The second-order valence-corrected chi connectivity index (χ2v) is 4.61. The highest BCUT2D eigenvalue weighted by atomic mass is 79.9. The number of phenols is 1. The van der Waals surface area contributed by atoms with E-state index in [9.17, 15) is 5.11 Å². The van der Waals surface area contributed by atoms with Crippen LogP contribution in [0.15, 0.2) is 22.7 Å². The zero-order valence-corrected chi connectivity index (χ0v) is 9.96. The fourth-order valence-corrected chi connectivity index (χ4v) is 2.04. The number of phenolic OH excluding ortho intramolecular Hbond substituents is 1. The molecule has 1 aliphatic rings. The van der Waals surface area contributed by atoms with Crippen LogP contribution in [-0.2, 0) is 0 Å². The minimum Gasteiger partial charge on any atom is -0.504 e. The third-order valence-corrected chi connectivity index (χ3v) is 2.96. The van der Waals surface area contributed by atoms with Crippen LogP contribution in [0.25, 0.3) is 0 Å². The van der Waals surface area contributed by atoms with Gasteiger partial charge in [-0.3, -0.25) is 0 Å². The molecule has 0 saturated carbocycles. The maximum atomic E-state index is 9.65. The summed E-state index contributed by atoms with van der Waals surface area (Å²) in [6.45, 7) is 1.92. The Morgan fingerprint density at radius 3 is 3.00 bits per heavy atom. The molecular formula is C11H14BrNO2. The van der Waals surface area contributed by atoms with Crippen LogP contribution in [0.4, 0.5) is 0 Å². The summed E-state index contributed by atoms with van der Waals surface area (Å²) >= 11 is 3.29. The van der Waals surface area contributed by atoms with Crippen LogP contribution in [-0.4, -0.2) is 24.3 Å². The van der Waals surface area contributed by atoms with Crippen LogP contribution >= 0.6 is 15.9 Å². The predicted octanol–water partition coefficient (Wildman–Crippen LogP) is 2.29. The van der Waals surface area contributed by atoms with Gasteiger partial charge in [-0.1, -0.05) is 15.9 Å². The Kier molecular flexibility index (Phi) is 3.49.